The maximum Gasteiger partial charge on any atom is 0.236 e. The lowest BCUT2D eigenvalue weighted by Crippen LogP contribution is -2.47. The van der Waals surface area contributed by atoms with Gasteiger partial charge in [-0.2, -0.15) is 0 Å². The minimum Gasteiger partial charge on any atom is -0.383 e. The molecule has 7 nitrogen and oxygen atoms in total. The lowest BCUT2D eigenvalue weighted by Gasteiger charge is -2.34. The quantitative estimate of drug-likeness (QED) is 0.760. The van der Waals surface area contributed by atoms with Crippen LogP contribution in [0, 0.1) is 0 Å². The predicted molar refractivity (Wildman–Crippen MR) is 89.9 cm³/mol. The Morgan fingerprint density at radius 1 is 1.38 bits per heavy atom. The fraction of sp³-hybridized carbons (Fsp3) is 0.765. The summed E-state index contributed by atoms with van der Waals surface area (Å²) in [5.41, 5.74) is 0. The second-order valence-corrected chi connectivity index (χ2v) is 6.54. The number of morpholine rings is 1. The molecule has 0 aromatic carbocycles. The molecule has 1 amide bonds. The zero-order chi connectivity index (χ0) is 16.8. The topological polar surface area (TPSA) is 59.8 Å². The van der Waals surface area contributed by atoms with Crippen molar-refractivity contribution >= 4 is 5.91 Å². The minimum absolute atomic E-state index is 0.224. The van der Waals surface area contributed by atoms with Crippen molar-refractivity contribution < 1.29 is 14.3 Å². The largest absolute Gasteiger partial charge is 0.383 e. The number of aromatic nitrogens is 2. The Hall–Kier alpha value is -1.44. The lowest BCUT2D eigenvalue weighted by atomic mass is 9.97. The van der Waals surface area contributed by atoms with E-state index < -0.39 is 0 Å². The van der Waals surface area contributed by atoms with Crippen molar-refractivity contribution in [2.24, 2.45) is 0 Å². The number of imidazole rings is 1. The Morgan fingerprint density at radius 2 is 2.21 bits per heavy atom. The van der Waals surface area contributed by atoms with Crippen LogP contribution in [0.2, 0.25) is 0 Å². The highest BCUT2D eigenvalue weighted by Gasteiger charge is 2.27. The van der Waals surface area contributed by atoms with Crippen LogP contribution in [0.3, 0.4) is 0 Å². The normalized spacial score (nSPS) is 22.7. The first-order chi connectivity index (χ1) is 11.8. The molecule has 2 saturated heterocycles. The van der Waals surface area contributed by atoms with Gasteiger partial charge < -0.3 is 18.9 Å². The van der Waals surface area contributed by atoms with Crippen molar-refractivity contribution in [1.29, 1.82) is 0 Å². The van der Waals surface area contributed by atoms with E-state index in [1.807, 2.05) is 17.3 Å². The van der Waals surface area contributed by atoms with Crippen LogP contribution in [0.5, 0.6) is 0 Å². The molecule has 0 aliphatic carbocycles. The third-order valence-corrected chi connectivity index (χ3v) is 4.88. The van der Waals surface area contributed by atoms with Crippen LogP contribution >= 0.6 is 0 Å². The number of methoxy groups -OCH3 is 1. The van der Waals surface area contributed by atoms with E-state index in [1.54, 1.807) is 7.11 Å². The molecule has 0 bridgehead atoms. The first-order valence-corrected chi connectivity index (χ1v) is 8.86. The number of nitrogens with zero attached hydrogens (tertiary/aromatic N) is 4. The number of amides is 1. The summed E-state index contributed by atoms with van der Waals surface area (Å²) in [4.78, 5) is 21.2. The van der Waals surface area contributed by atoms with Gasteiger partial charge in [-0.05, 0) is 19.4 Å². The molecule has 2 aliphatic rings. The number of hydrogen-bond acceptors (Lipinski definition) is 5. The number of likely N-dealkylation sites (tertiary alicyclic amines) is 1. The summed E-state index contributed by atoms with van der Waals surface area (Å²) in [5.74, 6) is 1.74. The zero-order valence-electron chi connectivity index (χ0n) is 14.5. The number of hydrogen-bond donors (Lipinski definition) is 0. The molecule has 0 spiro atoms. The van der Waals surface area contributed by atoms with Crippen molar-refractivity contribution in [3.05, 3.63) is 18.2 Å². The summed E-state index contributed by atoms with van der Waals surface area (Å²) in [6.07, 6.45) is 6.12. The second-order valence-electron chi connectivity index (χ2n) is 6.54. The second kappa shape index (κ2) is 8.60. The third kappa shape index (κ3) is 4.34. The van der Waals surface area contributed by atoms with E-state index in [0.717, 1.165) is 51.4 Å². The number of ether oxygens (including phenoxy) is 2. The van der Waals surface area contributed by atoms with E-state index in [9.17, 15) is 4.79 Å². The molecular weight excluding hydrogens is 308 g/mol. The van der Waals surface area contributed by atoms with E-state index in [4.69, 9.17) is 9.47 Å². The monoisotopic (exact) mass is 336 g/mol. The first-order valence-electron chi connectivity index (χ1n) is 8.86. The predicted octanol–water partition coefficient (Wildman–Crippen LogP) is 0.568. The molecule has 2 aliphatic heterocycles. The molecule has 3 rings (SSSR count). The van der Waals surface area contributed by atoms with Gasteiger partial charge in [0.1, 0.15) is 5.82 Å². The van der Waals surface area contributed by atoms with Gasteiger partial charge in [-0.15, -0.1) is 0 Å². The Morgan fingerprint density at radius 3 is 3.00 bits per heavy atom. The van der Waals surface area contributed by atoms with Crippen molar-refractivity contribution in [2.75, 3.05) is 59.7 Å². The van der Waals surface area contributed by atoms with Crippen LogP contribution in [0.4, 0.5) is 0 Å². The molecule has 0 radical (unpaired) electrons. The molecule has 1 atom stereocenters. The van der Waals surface area contributed by atoms with E-state index in [-0.39, 0.29) is 5.91 Å². The number of carbonyl (C=O) groups excluding carboxylic acids is 1. The van der Waals surface area contributed by atoms with E-state index in [0.29, 0.717) is 32.3 Å². The van der Waals surface area contributed by atoms with Crippen LogP contribution in [0.15, 0.2) is 12.4 Å². The summed E-state index contributed by atoms with van der Waals surface area (Å²) in [7, 11) is 1.72. The van der Waals surface area contributed by atoms with Crippen molar-refractivity contribution in [1.82, 2.24) is 19.4 Å². The average molecular weight is 336 g/mol. The molecule has 1 aromatic heterocycles. The highest BCUT2D eigenvalue weighted by molar-refractivity contribution is 5.78. The molecule has 0 N–H and O–H groups in total. The number of piperidine rings is 1. The Bertz CT molecular complexity index is 528. The van der Waals surface area contributed by atoms with Gasteiger partial charge in [0, 0.05) is 51.6 Å². The summed E-state index contributed by atoms with van der Waals surface area (Å²) in [6.45, 7) is 6.68. The van der Waals surface area contributed by atoms with Gasteiger partial charge >= 0.3 is 0 Å². The fourth-order valence-corrected chi connectivity index (χ4v) is 3.57. The van der Waals surface area contributed by atoms with Crippen molar-refractivity contribution in [3.8, 4) is 0 Å². The Labute approximate surface area is 143 Å². The molecule has 1 aromatic rings. The van der Waals surface area contributed by atoms with Crippen LogP contribution in [-0.2, 0) is 20.8 Å². The SMILES string of the molecule is COCCn1ccnc1[C@H]1CCCN(CC(=O)N2CCOCC2)C1. The summed E-state index contributed by atoms with van der Waals surface area (Å²) in [6, 6.07) is 0. The number of carbonyl (C=O) groups is 1. The van der Waals surface area contributed by atoms with Gasteiger partial charge in [0.15, 0.2) is 0 Å². The summed E-state index contributed by atoms with van der Waals surface area (Å²) >= 11 is 0. The third-order valence-electron chi connectivity index (χ3n) is 4.88. The molecule has 134 valence electrons. The zero-order valence-corrected chi connectivity index (χ0v) is 14.5. The molecule has 3 heterocycles. The van der Waals surface area contributed by atoms with E-state index in [2.05, 4.69) is 14.5 Å². The number of rotatable bonds is 6. The van der Waals surface area contributed by atoms with Crippen LogP contribution in [0.1, 0.15) is 24.6 Å². The Balaban J connectivity index is 1.56. The van der Waals surface area contributed by atoms with Crippen molar-refractivity contribution in [3.63, 3.8) is 0 Å². The fourth-order valence-electron chi connectivity index (χ4n) is 3.57. The van der Waals surface area contributed by atoms with E-state index in [1.165, 1.54) is 0 Å². The smallest absolute Gasteiger partial charge is 0.236 e. The van der Waals surface area contributed by atoms with E-state index >= 15 is 0 Å². The maximum atomic E-state index is 12.5. The molecule has 7 heteroatoms. The molecular formula is C17H28N4O3. The maximum absolute atomic E-state index is 12.5. The van der Waals surface area contributed by atoms with Gasteiger partial charge in [0.05, 0.1) is 26.4 Å². The molecule has 0 unspecified atom stereocenters. The summed E-state index contributed by atoms with van der Waals surface area (Å²) in [5, 5.41) is 0. The molecule has 0 saturated carbocycles. The summed E-state index contributed by atoms with van der Waals surface area (Å²) < 4.78 is 12.7. The van der Waals surface area contributed by atoms with Crippen LogP contribution in [0.25, 0.3) is 0 Å². The first kappa shape index (κ1) is 17.4. The van der Waals surface area contributed by atoms with Gasteiger partial charge in [0.2, 0.25) is 5.91 Å². The van der Waals surface area contributed by atoms with Gasteiger partial charge in [0.25, 0.3) is 0 Å². The van der Waals surface area contributed by atoms with Crippen LogP contribution < -0.4 is 0 Å². The van der Waals surface area contributed by atoms with Crippen molar-refractivity contribution in [2.45, 2.75) is 25.3 Å². The average Bonchev–Trinajstić information content (AvgIpc) is 3.09. The van der Waals surface area contributed by atoms with Gasteiger partial charge in [-0.25, -0.2) is 4.98 Å². The molecule has 24 heavy (non-hydrogen) atoms. The molecule has 2 fully saturated rings. The van der Waals surface area contributed by atoms with Gasteiger partial charge in [-0.3, -0.25) is 9.69 Å². The highest BCUT2D eigenvalue weighted by Crippen LogP contribution is 2.25. The Kier molecular flexibility index (Phi) is 6.23. The minimum atomic E-state index is 0.224. The standard InChI is InChI=1S/C17H28N4O3/c1-23-10-7-21-6-4-18-17(21)15-3-2-5-19(13-15)14-16(22)20-8-11-24-12-9-20/h4,6,15H,2-3,5,7-14H2,1H3/t15-/m0/s1. The van der Waals surface area contributed by atoms with Crippen LogP contribution in [-0.4, -0.2) is 84.9 Å². The lowest BCUT2D eigenvalue weighted by molar-refractivity contribution is -0.136. The van der Waals surface area contributed by atoms with Gasteiger partial charge in [-0.1, -0.05) is 0 Å². The highest BCUT2D eigenvalue weighted by atomic mass is 16.5.